The third-order valence-corrected chi connectivity index (χ3v) is 3.11. The number of benzene rings is 1. The largest absolute Gasteiger partial charge is 0.463 e. The van der Waals surface area contributed by atoms with Crippen LogP contribution < -0.4 is 5.32 Å². The SMILES string of the molecule is O=C(NCCO)c1cc(-c2ccco2)nn1-c1ccccc1. The average molecular weight is 297 g/mol. The lowest BCUT2D eigenvalue weighted by molar-refractivity contribution is 0.0937. The van der Waals surface area contributed by atoms with Crippen LogP contribution in [0.25, 0.3) is 17.1 Å². The highest BCUT2D eigenvalue weighted by Gasteiger charge is 2.18. The number of amides is 1. The van der Waals surface area contributed by atoms with Gasteiger partial charge < -0.3 is 14.8 Å². The van der Waals surface area contributed by atoms with Crippen LogP contribution in [-0.4, -0.2) is 33.9 Å². The molecule has 1 amide bonds. The van der Waals surface area contributed by atoms with Gasteiger partial charge in [0, 0.05) is 12.6 Å². The van der Waals surface area contributed by atoms with Crippen LogP contribution in [-0.2, 0) is 0 Å². The molecule has 2 heterocycles. The normalized spacial score (nSPS) is 10.6. The van der Waals surface area contributed by atoms with Crippen LogP contribution in [0.4, 0.5) is 0 Å². The molecule has 0 saturated heterocycles. The van der Waals surface area contributed by atoms with Crippen molar-refractivity contribution in [3.8, 4) is 17.1 Å². The molecule has 0 saturated carbocycles. The van der Waals surface area contributed by atoms with Crippen LogP contribution in [0, 0.1) is 0 Å². The molecule has 0 aliphatic carbocycles. The molecule has 2 aromatic heterocycles. The van der Waals surface area contributed by atoms with Crippen LogP contribution in [0.2, 0.25) is 0 Å². The molecule has 112 valence electrons. The van der Waals surface area contributed by atoms with Crippen LogP contribution in [0.3, 0.4) is 0 Å². The molecule has 22 heavy (non-hydrogen) atoms. The molecule has 3 aromatic rings. The number of hydrogen-bond acceptors (Lipinski definition) is 4. The van der Waals surface area contributed by atoms with Gasteiger partial charge in [-0.3, -0.25) is 4.79 Å². The molecule has 0 unspecified atom stereocenters. The first kappa shape index (κ1) is 14.1. The minimum atomic E-state index is -0.303. The predicted molar refractivity (Wildman–Crippen MR) is 80.7 cm³/mol. The number of rotatable bonds is 5. The summed E-state index contributed by atoms with van der Waals surface area (Å²) in [5.74, 6) is 0.286. The second-order valence-corrected chi connectivity index (χ2v) is 4.62. The standard InChI is InChI=1S/C16H15N3O3/c20-9-8-17-16(21)14-11-13(15-7-4-10-22-15)18-19(14)12-5-2-1-3-6-12/h1-7,10-11,20H,8-9H2,(H,17,21). The Bertz CT molecular complexity index is 748. The summed E-state index contributed by atoms with van der Waals surface area (Å²) in [5.41, 5.74) is 1.73. The molecule has 0 aliphatic heterocycles. The zero-order chi connectivity index (χ0) is 15.4. The highest BCUT2D eigenvalue weighted by atomic mass is 16.3. The molecule has 0 fully saturated rings. The van der Waals surface area contributed by atoms with Crippen molar-refractivity contribution in [2.45, 2.75) is 0 Å². The third-order valence-electron chi connectivity index (χ3n) is 3.11. The maximum absolute atomic E-state index is 12.3. The maximum Gasteiger partial charge on any atom is 0.270 e. The lowest BCUT2D eigenvalue weighted by Gasteiger charge is -2.07. The smallest absolute Gasteiger partial charge is 0.270 e. The van der Waals surface area contributed by atoms with Crippen LogP contribution in [0.1, 0.15) is 10.5 Å². The van der Waals surface area contributed by atoms with Gasteiger partial charge in [-0.1, -0.05) is 18.2 Å². The fourth-order valence-corrected chi connectivity index (χ4v) is 2.11. The maximum atomic E-state index is 12.3. The molecule has 0 bridgehead atoms. The van der Waals surface area contributed by atoms with Gasteiger partial charge in [-0.25, -0.2) is 4.68 Å². The quantitative estimate of drug-likeness (QED) is 0.753. The van der Waals surface area contributed by atoms with Crippen LogP contribution >= 0.6 is 0 Å². The van der Waals surface area contributed by atoms with Gasteiger partial charge in [-0.15, -0.1) is 0 Å². The Kier molecular flexibility index (Phi) is 4.02. The molecule has 0 atom stereocenters. The molecular formula is C16H15N3O3. The summed E-state index contributed by atoms with van der Waals surface area (Å²) in [6.07, 6.45) is 1.56. The first-order valence-electron chi connectivity index (χ1n) is 6.88. The number of carbonyl (C=O) groups excluding carboxylic acids is 1. The van der Waals surface area contributed by atoms with Gasteiger partial charge >= 0.3 is 0 Å². The lowest BCUT2D eigenvalue weighted by Crippen LogP contribution is -2.28. The molecular weight excluding hydrogens is 282 g/mol. The van der Waals surface area contributed by atoms with E-state index < -0.39 is 0 Å². The Morgan fingerprint density at radius 1 is 1.23 bits per heavy atom. The number of carbonyl (C=O) groups is 1. The number of aliphatic hydroxyl groups excluding tert-OH is 1. The summed E-state index contributed by atoms with van der Waals surface area (Å²) in [5, 5.41) is 15.9. The van der Waals surface area contributed by atoms with Gasteiger partial charge in [0.25, 0.3) is 5.91 Å². The van der Waals surface area contributed by atoms with Crippen molar-refractivity contribution in [2.75, 3.05) is 13.2 Å². The second-order valence-electron chi connectivity index (χ2n) is 4.62. The number of furan rings is 1. The van der Waals surface area contributed by atoms with E-state index in [1.807, 2.05) is 30.3 Å². The summed E-state index contributed by atoms with van der Waals surface area (Å²) >= 11 is 0. The highest BCUT2D eigenvalue weighted by Crippen LogP contribution is 2.22. The molecule has 0 radical (unpaired) electrons. The van der Waals surface area contributed by atoms with Crippen molar-refractivity contribution in [2.24, 2.45) is 0 Å². The topological polar surface area (TPSA) is 80.3 Å². The highest BCUT2D eigenvalue weighted by molar-refractivity contribution is 5.94. The van der Waals surface area contributed by atoms with Gasteiger partial charge in [-0.2, -0.15) is 5.10 Å². The van der Waals surface area contributed by atoms with Gasteiger partial charge in [0.1, 0.15) is 11.4 Å². The Hall–Kier alpha value is -2.86. The second kappa shape index (κ2) is 6.28. The summed E-state index contributed by atoms with van der Waals surface area (Å²) in [7, 11) is 0. The number of hydrogen-bond donors (Lipinski definition) is 2. The van der Waals surface area contributed by atoms with E-state index in [0.717, 1.165) is 5.69 Å². The Balaban J connectivity index is 2.04. The number of nitrogens with zero attached hydrogens (tertiary/aromatic N) is 2. The summed E-state index contributed by atoms with van der Waals surface area (Å²) in [6, 6.07) is 14.6. The Labute approximate surface area is 127 Å². The van der Waals surface area contributed by atoms with Crippen molar-refractivity contribution in [3.05, 3.63) is 60.5 Å². The summed E-state index contributed by atoms with van der Waals surface area (Å²) in [6.45, 7) is 0.0745. The summed E-state index contributed by atoms with van der Waals surface area (Å²) < 4.78 is 6.90. The van der Waals surface area contributed by atoms with Crippen molar-refractivity contribution in [1.82, 2.24) is 15.1 Å². The molecule has 6 nitrogen and oxygen atoms in total. The van der Waals surface area contributed by atoms with E-state index >= 15 is 0 Å². The molecule has 2 N–H and O–H groups in total. The Morgan fingerprint density at radius 2 is 2.05 bits per heavy atom. The van der Waals surface area contributed by atoms with E-state index in [-0.39, 0.29) is 19.1 Å². The number of aliphatic hydroxyl groups is 1. The first-order chi connectivity index (χ1) is 10.8. The zero-order valence-corrected chi connectivity index (χ0v) is 11.8. The number of aromatic nitrogens is 2. The third kappa shape index (κ3) is 2.77. The fourth-order valence-electron chi connectivity index (χ4n) is 2.11. The van der Waals surface area contributed by atoms with Crippen LogP contribution in [0.5, 0.6) is 0 Å². The Morgan fingerprint density at radius 3 is 2.73 bits per heavy atom. The minimum Gasteiger partial charge on any atom is -0.463 e. The van der Waals surface area contributed by atoms with Crippen LogP contribution in [0.15, 0.2) is 59.2 Å². The van der Waals surface area contributed by atoms with E-state index in [1.165, 1.54) is 0 Å². The molecule has 1 aromatic carbocycles. The van der Waals surface area contributed by atoms with Gasteiger partial charge in [-0.05, 0) is 24.3 Å². The predicted octanol–water partition coefficient (Wildman–Crippen LogP) is 1.85. The molecule has 0 aliphatic rings. The number of nitrogens with one attached hydrogen (secondary N) is 1. The van der Waals surface area contributed by atoms with Crippen molar-refractivity contribution < 1.29 is 14.3 Å². The van der Waals surface area contributed by atoms with E-state index in [0.29, 0.717) is 17.1 Å². The molecule has 6 heteroatoms. The van der Waals surface area contributed by atoms with Gasteiger partial charge in [0.15, 0.2) is 5.76 Å². The van der Waals surface area contributed by atoms with Crippen molar-refractivity contribution in [3.63, 3.8) is 0 Å². The van der Waals surface area contributed by atoms with E-state index in [9.17, 15) is 4.79 Å². The fraction of sp³-hybridized carbons (Fsp3) is 0.125. The lowest BCUT2D eigenvalue weighted by atomic mass is 10.2. The number of para-hydroxylation sites is 1. The summed E-state index contributed by atoms with van der Waals surface area (Å²) in [4.78, 5) is 12.3. The van der Waals surface area contributed by atoms with E-state index in [4.69, 9.17) is 9.52 Å². The van der Waals surface area contributed by atoms with Gasteiger partial charge in [0.05, 0.1) is 18.6 Å². The zero-order valence-electron chi connectivity index (χ0n) is 11.8. The molecule has 3 rings (SSSR count). The van der Waals surface area contributed by atoms with Gasteiger partial charge in [0.2, 0.25) is 0 Å². The average Bonchev–Trinajstić information content (AvgIpc) is 3.22. The van der Waals surface area contributed by atoms with E-state index in [2.05, 4.69) is 10.4 Å². The van der Waals surface area contributed by atoms with Crippen molar-refractivity contribution in [1.29, 1.82) is 0 Å². The van der Waals surface area contributed by atoms with Crippen molar-refractivity contribution >= 4 is 5.91 Å². The monoisotopic (exact) mass is 297 g/mol. The first-order valence-corrected chi connectivity index (χ1v) is 6.88. The van der Waals surface area contributed by atoms with E-state index in [1.54, 1.807) is 29.1 Å². The molecule has 0 spiro atoms. The minimum absolute atomic E-state index is 0.115.